The molecule has 0 unspecified atom stereocenters. The van der Waals surface area contributed by atoms with Crippen molar-refractivity contribution in [3.8, 4) is 5.75 Å². The average molecular weight is 297 g/mol. The van der Waals surface area contributed by atoms with Crippen LogP contribution in [0.15, 0.2) is 24.3 Å². The van der Waals surface area contributed by atoms with Crippen molar-refractivity contribution < 1.29 is 9.53 Å². The third-order valence-electron chi connectivity index (χ3n) is 3.53. The second-order valence-corrected chi connectivity index (χ2v) is 5.26. The SMILES string of the molecule is CCC(=O)N1CCN(CCOc2ccccc2Cl)CC1. The number of halogens is 1. The van der Waals surface area contributed by atoms with E-state index >= 15 is 0 Å². The molecule has 1 heterocycles. The molecule has 5 heteroatoms. The highest BCUT2D eigenvalue weighted by atomic mass is 35.5. The van der Waals surface area contributed by atoms with Crippen LogP contribution in [0.3, 0.4) is 0 Å². The van der Waals surface area contributed by atoms with E-state index in [-0.39, 0.29) is 5.91 Å². The van der Waals surface area contributed by atoms with Crippen LogP contribution in [0.1, 0.15) is 13.3 Å². The Balaban J connectivity index is 1.69. The molecule has 0 aliphatic carbocycles. The second-order valence-electron chi connectivity index (χ2n) is 4.85. The van der Waals surface area contributed by atoms with Crippen molar-refractivity contribution in [3.63, 3.8) is 0 Å². The third kappa shape index (κ3) is 4.12. The summed E-state index contributed by atoms with van der Waals surface area (Å²) in [6.45, 7) is 6.85. The Hall–Kier alpha value is -1.26. The van der Waals surface area contributed by atoms with Gasteiger partial charge in [-0.05, 0) is 12.1 Å². The smallest absolute Gasteiger partial charge is 0.222 e. The summed E-state index contributed by atoms with van der Waals surface area (Å²) in [6, 6.07) is 7.50. The van der Waals surface area contributed by atoms with Crippen LogP contribution in [0.2, 0.25) is 5.02 Å². The van der Waals surface area contributed by atoms with Crippen LogP contribution < -0.4 is 4.74 Å². The number of para-hydroxylation sites is 1. The minimum absolute atomic E-state index is 0.247. The number of carbonyl (C=O) groups excluding carboxylic acids is 1. The van der Waals surface area contributed by atoms with Gasteiger partial charge in [0, 0.05) is 39.1 Å². The number of nitrogens with zero attached hydrogens (tertiary/aromatic N) is 2. The fourth-order valence-electron chi connectivity index (χ4n) is 2.29. The zero-order chi connectivity index (χ0) is 14.4. The van der Waals surface area contributed by atoms with Gasteiger partial charge in [0.25, 0.3) is 0 Å². The van der Waals surface area contributed by atoms with Crippen LogP contribution >= 0.6 is 11.6 Å². The number of ether oxygens (including phenoxy) is 1. The second kappa shape index (κ2) is 7.50. The van der Waals surface area contributed by atoms with Crippen LogP contribution in [0.5, 0.6) is 5.75 Å². The molecule has 0 N–H and O–H groups in total. The summed E-state index contributed by atoms with van der Waals surface area (Å²) >= 11 is 6.03. The highest BCUT2D eigenvalue weighted by Crippen LogP contribution is 2.22. The number of piperazine rings is 1. The van der Waals surface area contributed by atoms with E-state index in [0.717, 1.165) is 38.5 Å². The predicted molar refractivity (Wildman–Crippen MR) is 80.3 cm³/mol. The van der Waals surface area contributed by atoms with Crippen LogP contribution in [0.4, 0.5) is 0 Å². The number of hydrogen-bond acceptors (Lipinski definition) is 3. The lowest BCUT2D eigenvalue weighted by Crippen LogP contribution is -2.49. The normalized spacial score (nSPS) is 16.2. The minimum atomic E-state index is 0.247. The molecule has 0 radical (unpaired) electrons. The van der Waals surface area contributed by atoms with Crippen molar-refractivity contribution in [2.45, 2.75) is 13.3 Å². The maximum absolute atomic E-state index is 11.6. The lowest BCUT2D eigenvalue weighted by molar-refractivity contribution is -0.132. The molecule has 0 saturated carbocycles. The summed E-state index contributed by atoms with van der Waals surface area (Å²) in [5, 5.41) is 0.644. The summed E-state index contributed by atoms with van der Waals surface area (Å²) in [7, 11) is 0. The maximum atomic E-state index is 11.6. The Morgan fingerprint density at radius 2 is 1.95 bits per heavy atom. The molecule has 1 amide bonds. The first-order valence-electron chi connectivity index (χ1n) is 7.08. The molecular weight excluding hydrogens is 276 g/mol. The first-order valence-corrected chi connectivity index (χ1v) is 7.46. The molecule has 0 atom stereocenters. The molecule has 0 aromatic heterocycles. The van der Waals surface area contributed by atoms with Gasteiger partial charge in [0.1, 0.15) is 12.4 Å². The number of amides is 1. The van der Waals surface area contributed by atoms with E-state index < -0.39 is 0 Å². The van der Waals surface area contributed by atoms with Crippen LogP contribution in [-0.4, -0.2) is 55.0 Å². The van der Waals surface area contributed by atoms with Gasteiger partial charge in [-0.15, -0.1) is 0 Å². The Morgan fingerprint density at radius 3 is 2.60 bits per heavy atom. The maximum Gasteiger partial charge on any atom is 0.222 e. The van der Waals surface area contributed by atoms with Gasteiger partial charge in [-0.3, -0.25) is 9.69 Å². The standard InChI is InChI=1S/C15H21ClN2O2/c1-2-15(19)18-9-7-17(8-10-18)11-12-20-14-6-4-3-5-13(14)16/h3-6H,2,7-12H2,1H3. The fourth-order valence-corrected chi connectivity index (χ4v) is 2.48. The zero-order valence-electron chi connectivity index (χ0n) is 11.8. The molecule has 110 valence electrons. The quantitative estimate of drug-likeness (QED) is 0.836. The van der Waals surface area contributed by atoms with Crippen molar-refractivity contribution in [2.24, 2.45) is 0 Å². The Bertz CT molecular complexity index is 445. The van der Waals surface area contributed by atoms with E-state index in [2.05, 4.69) is 4.90 Å². The predicted octanol–water partition coefficient (Wildman–Crippen LogP) is 2.27. The van der Waals surface area contributed by atoms with Gasteiger partial charge >= 0.3 is 0 Å². The number of hydrogen-bond donors (Lipinski definition) is 0. The topological polar surface area (TPSA) is 32.8 Å². The molecule has 1 saturated heterocycles. The van der Waals surface area contributed by atoms with E-state index in [4.69, 9.17) is 16.3 Å². The molecule has 1 aliphatic heterocycles. The molecule has 1 aromatic rings. The highest BCUT2D eigenvalue weighted by Gasteiger charge is 2.19. The van der Waals surface area contributed by atoms with E-state index in [0.29, 0.717) is 18.1 Å². The number of rotatable bonds is 5. The molecule has 1 aromatic carbocycles. The summed E-state index contributed by atoms with van der Waals surface area (Å²) in [4.78, 5) is 15.8. The molecule has 0 bridgehead atoms. The molecule has 20 heavy (non-hydrogen) atoms. The minimum Gasteiger partial charge on any atom is -0.491 e. The summed E-state index contributed by atoms with van der Waals surface area (Å²) in [6.07, 6.45) is 0.593. The van der Waals surface area contributed by atoms with Gasteiger partial charge < -0.3 is 9.64 Å². The lowest BCUT2D eigenvalue weighted by atomic mass is 10.3. The summed E-state index contributed by atoms with van der Waals surface area (Å²) in [5.74, 6) is 0.978. The first kappa shape index (κ1) is 15.1. The van der Waals surface area contributed by atoms with Crippen LogP contribution in [0.25, 0.3) is 0 Å². The Morgan fingerprint density at radius 1 is 1.25 bits per heavy atom. The summed E-state index contributed by atoms with van der Waals surface area (Å²) < 4.78 is 5.68. The van der Waals surface area contributed by atoms with E-state index in [1.54, 1.807) is 0 Å². The highest BCUT2D eigenvalue weighted by molar-refractivity contribution is 6.32. The van der Waals surface area contributed by atoms with Crippen molar-refractivity contribution in [1.29, 1.82) is 0 Å². The van der Waals surface area contributed by atoms with Gasteiger partial charge in [-0.1, -0.05) is 30.7 Å². The zero-order valence-corrected chi connectivity index (χ0v) is 12.6. The average Bonchev–Trinajstić information content (AvgIpc) is 2.49. The molecule has 2 rings (SSSR count). The molecule has 0 spiro atoms. The van der Waals surface area contributed by atoms with Gasteiger partial charge in [0.15, 0.2) is 0 Å². The third-order valence-corrected chi connectivity index (χ3v) is 3.84. The van der Waals surface area contributed by atoms with Crippen LogP contribution in [-0.2, 0) is 4.79 Å². The first-order chi connectivity index (χ1) is 9.70. The Labute approximate surface area is 125 Å². The monoisotopic (exact) mass is 296 g/mol. The van der Waals surface area contributed by atoms with E-state index in [1.807, 2.05) is 36.1 Å². The van der Waals surface area contributed by atoms with Crippen molar-refractivity contribution in [1.82, 2.24) is 9.80 Å². The van der Waals surface area contributed by atoms with Gasteiger partial charge in [-0.2, -0.15) is 0 Å². The van der Waals surface area contributed by atoms with Crippen LogP contribution in [0, 0.1) is 0 Å². The fraction of sp³-hybridized carbons (Fsp3) is 0.533. The molecular formula is C15H21ClN2O2. The van der Waals surface area contributed by atoms with Gasteiger partial charge in [0.2, 0.25) is 5.91 Å². The van der Waals surface area contributed by atoms with Crippen molar-refractivity contribution >= 4 is 17.5 Å². The van der Waals surface area contributed by atoms with Gasteiger partial charge in [0.05, 0.1) is 5.02 Å². The lowest BCUT2D eigenvalue weighted by Gasteiger charge is -2.34. The number of carbonyl (C=O) groups is 1. The van der Waals surface area contributed by atoms with Gasteiger partial charge in [-0.25, -0.2) is 0 Å². The molecule has 1 aliphatic rings. The van der Waals surface area contributed by atoms with Crippen molar-refractivity contribution in [3.05, 3.63) is 29.3 Å². The van der Waals surface area contributed by atoms with E-state index in [9.17, 15) is 4.79 Å². The van der Waals surface area contributed by atoms with Crippen molar-refractivity contribution in [2.75, 3.05) is 39.3 Å². The molecule has 1 fully saturated rings. The largest absolute Gasteiger partial charge is 0.491 e. The molecule has 4 nitrogen and oxygen atoms in total. The Kier molecular flexibility index (Phi) is 5.68. The number of benzene rings is 1. The van der Waals surface area contributed by atoms with E-state index in [1.165, 1.54) is 0 Å². The summed E-state index contributed by atoms with van der Waals surface area (Å²) in [5.41, 5.74) is 0.